The number of likely N-dealkylation sites (tertiary alicyclic amines) is 1. The first-order valence-electron chi connectivity index (χ1n) is 11.4. The number of pyridine rings is 1. The van der Waals surface area contributed by atoms with E-state index in [2.05, 4.69) is 34.2 Å². The molecule has 0 aliphatic carbocycles. The minimum Gasteiger partial charge on any atom is -0.325 e. The number of hydrogen-bond acceptors (Lipinski definition) is 3. The van der Waals surface area contributed by atoms with Gasteiger partial charge in [-0.3, -0.25) is 4.90 Å². The average molecular weight is 452 g/mol. The number of aromatic nitrogens is 2. The lowest BCUT2D eigenvalue weighted by molar-refractivity contribution is 0.0648. The second-order valence-corrected chi connectivity index (χ2v) is 9.75. The number of carbonyl (C=O) groups is 1. The molecule has 1 aromatic carbocycles. The van der Waals surface area contributed by atoms with E-state index in [-0.39, 0.29) is 24.2 Å². The van der Waals surface area contributed by atoms with Crippen molar-refractivity contribution in [1.82, 2.24) is 24.1 Å². The highest BCUT2D eigenvalue weighted by molar-refractivity contribution is 6.30. The van der Waals surface area contributed by atoms with Gasteiger partial charge in [0.1, 0.15) is 5.65 Å². The molecule has 2 saturated heterocycles. The zero-order valence-corrected chi connectivity index (χ0v) is 19.7. The molecule has 2 fully saturated rings. The maximum absolute atomic E-state index is 13.1. The minimum atomic E-state index is 0.170. The Bertz CT molecular complexity index is 1110. The Morgan fingerprint density at radius 3 is 2.47 bits per heavy atom. The molecule has 2 atom stereocenters. The van der Waals surface area contributed by atoms with Crippen molar-refractivity contribution < 1.29 is 4.79 Å². The molecule has 0 N–H and O–H groups in total. The van der Waals surface area contributed by atoms with Crippen molar-refractivity contribution in [2.24, 2.45) is 0 Å². The molecule has 0 radical (unpaired) electrons. The van der Waals surface area contributed by atoms with Crippen molar-refractivity contribution in [1.29, 1.82) is 0 Å². The highest BCUT2D eigenvalue weighted by atomic mass is 35.5. The number of benzene rings is 1. The van der Waals surface area contributed by atoms with E-state index in [1.165, 1.54) is 5.69 Å². The maximum atomic E-state index is 13.1. The van der Waals surface area contributed by atoms with Gasteiger partial charge in [-0.25, -0.2) is 9.78 Å². The molecule has 2 amide bonds. The summed E-state index contributed by atoms with van der Waals surface area (Å²) in [6, 6.07) is 15.0. The van der Waals surface area contributed by atoms with Crippen molar-refractivity contribution in [3.63, 3.8) is 0 Å². The number of urea groups is 1. The molecule has 7 heteroatoms. The van der Waals surface area contributed by atoms with Gasteiger partial charge in [0, 0.05) is 61.6 Å². The van der Waals surface area contributed by atoms with Crippen LogP contribution in [-0.4, -0.2) is 68.4 Å². The smallest absolute Gasteiger partial charge is 0.320 e. The molecule has 4 heterocycles. The molecule has 32 heavy (non-hydrogen) atoms. The lowest BCUT2D eigenvalue weighted by Crippen LogP contribution is -2.58. The summed E-state index contributed by atoms with van der Waals surface area (Å²) in [5.74, 6) is 0. The van der Waals surface area contributed by atoms with Gasteiger partial charge in [-0.15, -0.1) is 0 Å². The number of piperazine rings is 1. The number of amides is 2. The fourth-order valence-electron chi connectivity index (χ4n) is 5.08. The molecular weight excluding hydrogens is 422 g/mol. The summed E-state index contributed by atoms with van der Waals surface area (Å²) in [5, 5.41) is 0.725. The van der Waals surface area contributed by atoms with E-state index in [1.807, 2.05) is 54.4 Å². The molecule has 168 valence electrons. The van der Waals surface area contributed by atoms with Gasteiger partial charge < -0.3 is 14.2 Å². The quantitative estimate of drug-likeness (QED) is 0.574. The van der Waals surface area contributed by atoms with E-state index in [0.29, 0.717) is 0 Å². The number of hydrogen-bond donors (Lipinski definition) is 0. The van der Waals surface area contributed by atoms with Crippen molar-refractivity contribution in [2.75, 3.05) is 20.1 Å². The average Bonchev–Trinajstić information content (AvgIpc) is 3.28. The Morgan fingerprint density at radius 2 is 1.81 bits per heavy atom. The third-order valence-corrected chi connectivity index (χ3v) is 7.23. The molecule has 6 nitrogen and oxygen atoms in total. The summed E-state index contributed by atoms with van der Waals surface area (Å²) in [6.07, 6.45) is 4.25. The first-order valence-corrected chi connectivity index (χ1v) is 11.8. The lowest BCUT2D eigenvalue weighted by Gasteiger charge is -2.43. The summed E-state index contributed by atoms with van der Waals surface area (Å²) in [4.78, 5) is 24.5. The number of nitrogens with zero attached hydrogens (tertiary/aromatic N) is 5. The molecule has 0 spiro atoms. The SMILES string of the molecule is CC(C)N(C)C(=O)N1C2CCC1CN(Cc1c(-c3ccc(Cl)cc3)nc3ccccn13)C2. The van der Waals surface area contributed by atoms with E-state index in [9.17, 15) is 4.79 Å². The third-order valence-electron chi connectivity index (χ3n) is 6.97. The monoisotopic (exact) mass is 451 g/mol. The van der Waals surface area contributed by atoms with Gasteiger partial charge in [-0.2, -0.15) is 0 Å². The summed E-state index contributed by atoms with van der Waals surface area (Å²) in [7, 11) is 1.91. The maximum Gasteiger partial charge on any atom is 0.320 e. The summed E-state index contributed by atoms with van der Waals surface area (Å²) >= 11 is 6.12. The Hall–Kier alpha value is -2.57. The normalized spacial score (nSPS) is 21.0. The van der Waals surface area contributed by atoms with Crippen LogP contribution in [0.1, 0.15) is 32.4 Å². The van der Waals surface area contributed by atoms with Gasteiger partial charge in [-0.05, 0) is 51.0 Å². The Balaban J connectivity index is 1.42. The van der Waals surface area contributed by atoms with Crippen LogP contribution >= 0.6 is 11.6 Å². The molecule has 2 unspecified atom stereocenters. The van der Waals surface area contributed by atoms with E-state index in [4.69, 9.17) is 16.6 Å². The van der Waals surface area contributed by atoms with Crippen LogP contribution in [-0.2, 0) is 6.54 Å². The zero-order chi connectivity index (χ0) is 22.4. The second kappa shape index (κ2) is 8.41. The van der Waals surface area contributed by atoms with Crippen LogP contribution in [0.4, 0.5) is 4.79 Å². The standard InChI is InChI=1S/C25H30ClN5O/c1-17(2)28(3)25(32)31-20-11-12-21(31)15-29(14-20)16-22-24(18-7-9-19(26)10-8-18)27-23-6-4-5-13-30(22)23/h4-10,13,17,20-21H,11-12,14-16H2,1-3H3. The molecule has 2 aliphatic rings. The van der Waals surface area contributed by atoms with Gasteiger partial charge in [0.15, 0.2) is 0 Å². The van der Waals surface area contributed by atoms with Crippen LogP contribution in [0.2, 0.25) is 5.02 Å². The number of halogens is 1. The number of carbonyl (C=O) groups excluding carboxylic acids is 1. The van der Waals surface area contributed by atoms with Gasteiger partial charge in [0.25, 0.3) is 0 Å². The van der Waals surface area contributed by atoms with Crippen LogP contribution < -0.4 is 0 Å². The predicted octanol–water partition coefficient (Wildman–Crippen LogP) is 4.76. The Labute approximate surface area is 194 Å². The highest BCUT2D eigenvalue weighted by Crippen LogP contribution is 2.33. The van der Waals surface area contributed by atoms with Crippen molar-refractivity contribution in [2.45, 2.75) is 51.4 Å². The third kappa shape index (κ3) is 3.76. The number of fused-ring (bicyclic) bond motifs is 3. The molecule has 2 aliphatic heterocycles. The first kappa shape index (κ1) is 21.3. The van der Waals surface area contributed by atoms with Crippen LogP contribution in [0.25, 0.3) is 16.9 Å². The Kier molecular flexibility index (Phi) is 5.59. The largest absolute Gasteiger partial charge is 0.325 e. The summed E-state index contributed by atoms with van der Waals surface area (Å²) < 4.78 is 2.19. The molecule has 5 rings (SSSR count). The number of imidazole rings is 1. The van der Waals surface area contributed by atoms with Crippen molar-refractivity contribution in [3.05, 3.63) is 59.4 Å². The lowest BCUT2D eigenvalue weighted by atomic mass is 10.1. The van der Waals surface area contributed by atoms with Crippen LogP contribution in [0.15, 0.2) is 48.7 Å². The topological polar surface area (TPSA) is 44.1 Å². The zero-order valence-electron chi connectivity index (χ0n) is 18.9. The van der Waals surface area contributed by atoms with E-state index in [0.717, 1.165) is 54.4 Å². The van der Waals surface area contributed by atoms with Gasteiger partial charge >= 0.3 is 6.03 Å². The highest BCUT2D eigenvalue weighted by Gasteiger charge is 2.43. The predicted molar refractivity (Wildman–Crippen MR) is 128 cm³/mol. The van der Waals surface area contributed by atoms with E-state index < -0.39 is 0 Å². The minimum absolute atomic E-state index is 0.170. The van der Waals surface area contributed by atoms with Gasteiger partial charge in [0.2, 0.25) is 0 Å². The van der Waals surface area contributed by atoms with Gasteiger partial charge in [0.05, 0.1) is 11.4 Å². The summed E-state index contributed by atoms with van der Waals surface area (Å²) in [5.41, 5.74) is 4.20. The van der Waals surface area contributed by atoms with Crippen molar-refractivity contribution in [3.8, 4) is 11.3 Å². The van der Waals surface area contributed by atoms with Crippen LogP contribution in [0.5, 0.6) is 0 Å². The molecular formula is C25H30ClN5O. The van der Waals surface area contributed by atoms with E-state index in [1.54, 1.807) is 0 Å². The molecule has 3 aromatic rings. The molecule has 2 bridgehead atoms. The summed E-state index contributed by atoms with van der Waals surface area (Å²) in [6.45, 7) is 6.74. The number of rotatable bonds is 4. The fraction of sp³-hybridized carbons (Fsp3) is 0.440. The van der Waals surface area contributed by atoms with Crippen LogP contribution in [0.3, 0.4) is 0 Å². The van der Waals surface area contributed by atoms with Gasteiger partial charge in [-0.1, -0.05) is 29.8 Å². The van der Waals surface area contributed by atoms with Crippen molar-refractivity contribution >= 4 is 23.3 Å². The first-order chi connectivity index (χ1) is 15.4. The molecule has 0 saturated carbocycles. The van der Waals surface area contributed by atoms with Crippen LogP contribution in [0, 0.1) is 0 Å². The second-order valence-electron chi connectivity index (χ2n) is 9.32. The molecule has 2 aromatic heterocycles. The Morgan fingerprint density at radius 1 is 1.12 bits per heavy atom. The fourth-order valence-corrected chi connectivity index (χ4v) is 5.21. The van der Waals surface area contributed by atoms with E-state index >= 15 is 0 Å².